The third-order valence-corrected chi connectivity index (χ3v) is 4.52. The SMILES string of the molecule is Cc1cc(Br)cnc1NS(=O)(=O)c1ccc(N)cc1C#N. The van der Waals surface area contributed by atoms with Crippen molar-refractivity contribution in [3.8, 4) is 6.07 Å². The summed E-state index contributed by atoms with van der Waals surface area (Å²) in [6, 6.07) is 7.60. The van der Waals surface area contributed by atoms with Crippen LogP contribution in [0, 0.1) is 18.3 Å². The highest BCUT2D eigenvalue weighted by atomic mass is 79.9. The molecule has 0 fully saturated rings. The van der Waals surface area contributed by atoms with Crippen molar-refractivity contribution in [1.29, 1.82) is 5.26 Å². The molecule has 21 heavy (non-hydrogen) atoms. The number of hydrogen-bond acceptors (Lipinski definition) is 5. The molecule has 0 unspecified atom stereocenters. The average Bonchev–Trinajstić information content (AvgIpc) is 2.41. The van der Waals surface area contributed by atoms with Gasteiger partial charge in [-0.1, -0.05) is 0 Å². The number of sulfonamides is 1. The van der Waals surface area contributed by atoms with Gasteiger partial charge in [0.15, 0.2) is 0 Å². The summed E-state index contributed by atoms with van der Waals surface area (Å²) >= 11 is 3.25. The lowest BCUT2D eigenvalue weighted by atomic mass is 10.2. The molecular weight excluding hydrogens is 356 g/mol. The van der Waals surface area contributed by atoms with E-state index in [1.54, 1.807) is 13.0 Å². The number of nitrogens with one attached hydrogen (secondary N) is 1. The molecule has 0 radical (unpaired) electrons. The van der Waals surface area contributed by atoms with Crippen LogP contribution >= 0.6 is 15.9 Å². The Bertz CT molecular complexity index is 844. The molecule has 0 saturated heterocycles. The van der Waals surface area contributed by atoms with E-state index in [1.807, 2.05) is 6.07 Å². The van der Waals surface area contributed by atoms with E-state index in [0.29, 0.717) is 11.3 Å². The van der Waals surface area contributed by atoms with Crippen LogP contribution in [0.4, 0.5) is 11.5 Å². The lowest BCUT2D eigenvalue weighted by Crippen LogP contribution is -2.16. The third kappa shape index (κ3) is 3.32. The molecule has 0 aliphatic heterocycles. The van der Waals surface area contributed by atoms with Crippen molar-refractivity contribution in [2.45, 2.75) is 11.8 Å². The summed E-state index contributed by atoms with van der Waals surface area (Å²) in [7, 11) is -3.91. The molecule has 0 amide bonds. The van der Waals surface area contributed by atoms with Crippen LogP contribution in [-0.4, -0.2) is 13.4 Å². The zero-order valence-corrected chi connectivity index (χ0v) is 13.4. The number of nitriles is 1. The van der Waals surface area contributed by atoms with Crippen LogP contribution in [0.1, 0.15) is 11.1 Å². The van der Waals surface area contributed by atoms with Gasteiger partial charge < -0.3 is 5.73 Å². The summed E-state index contributed by atoms with van der Waals surface area (Å²) in [6.07, 6.45) is 1.49. The van der Waals surface area contributed by atoms with E-state index in [1.165, 1.54) is 24.4 Å². The summed E-state index contributed by atoms with van der Waals surface area (Å²) in [5, 5.41) is 9.04. The smallest absolute Gasteiger partial charge is 0.264 e. The zero-order valence-electron chi connectivity index (χ0n) is 11.0. The molecule has 0 bridgehead atoms. The minimum absolute atomic E-state index is 0.0164. The summed E-state index contributed by atoms with van der Waals surface area (Å²) in [5.74, 6) is 0.207. The van der Waals surface area contributed by atoms with Crippen molar-refractivity contribution in [2.24, 2.45) is 0 Å². The minimum Gasteiger partial charge on any atom is -0.399 e. The highest BCUT2D eigenvalue weighted by molar-refractivity contribution is 9.10. The average molecular weight is 367 g/mol. The van der Waals surface area contributed by atoms with E-state index in [4.69, 9.17) is 11.0 Å². The fourth-order valence-electron chi connectivity index (χ4n) is 1.70. The van der Waals surface area contributed by atoms with Gasteiger partial charge in [0.2, 0.25) is 0 Å². The maximum Gasteiger partial charge on any atom is 0.264 e. The molecule has 8 heteroatoms. The van der Waals surface area contributed by atoms with Crippen LogP contribution in [-0.2, 0) is 10.0 Å². The first kappa shape index (κ1) is 15.3. The molecule has 0 spiro atoms. The van der Waals surface area contributed by atoms with Crippen molar-refractivity contribution in [3.63, 3.8) is 0 Å². The number of halogens is 1. The number of pyridine rings is 1. The highest BCUT2D eigenvalue weighted by Crippen LogP contribution is 2.23. The molecule has 2 rings (SSSR count). The number of nitrogens with two attached hydrogens (primary N) is 1. The second-order valence-corrected chi connectivity index (χ2v) is 6.86. The monoisotopic (exact) mass is 366 g/mol. The molecule has 0 atom stereocenters. The Labute approximate surface area is 130 Å². The first-order valence-electron chi connectivity index (χ1n) is 5.78. The predicted molar refractivity (Wildman–Crippen MR) is 83.1 cm³/mol. The molecule has 0 saturated carbocycles. The number of benzene rings is 1. The van der Waals surface area contributed by atoms with Crippen molar-refractivity contribution in [2.75, 3.05) is 10.5 Å². The summed E-state index contributed by atoms with van der Waals surface area (Å²) in [5.41, 5.74) is 6.52. The van der Waals surface area contributed by atoms with Gasteiger partial charge in [-0.2, -0.15) is 5.26 Å². The number of aryl methyl sites for hydroxylation is 1. The van der Waals surface area contributed by atoms with Gasteiger partial charge in [-0.15, -0.1) is 0 Å². The normalized spacial score (nSPS) is 10.9. The molecule has 1 aromatic heterocycles. The second kappa shape index (κ2) is 5.71. The lowest BCUT2D eigenvalue weighted by molar-refractivity contribution is 0.600. The topological polar surface area (TPSA) is 109 Å². The quantitative estimate of drug-likeness (QED) is 0.810. The number of rotatable bonds is 3. The Morgan fingerprint density at radius 2 is 2.10 bits per heavy atom. The number of anilines is 2. The maximum absolute atomic E-state index is 12.4. The molecule has 108 valence electrons. The number of nitrogen functional groups attached to an aromatic ring is 1. The fraction of sp³-hybridized carbons (Fsp3) is 0.0769. The summed E-state index contributed by atoms with van der Waals surface area (Å²) < 4.78 is 27.9. The van der Waals surface area contributed by atoms with Crippen LogP contribution in [0.5, 0.6) is 0 Å². The van der Waals surface area contributed by atoms with E-state index >= 15 is 0 Å². The van der Waals surface area contributed by atoms with Crippen LogP contribution in [0.3, 0.4) is 0 Å². The molecule has 2 aromatic rings. The minimum atomic E-state index is -3.91. The van der Waals surface area contributed by atoms with Gasteiger partial charge in [-0.3, -0.25) is 4.72 Å². The highest BCUT2D eigenvalue weighted by Gasteiger charge is 2.20. The van der Waals surface area contributed by atoms with Gasteiger partial charge in [0.1, 0.15) is 16.8 Å². The molecule has 0 aliphatic carbocycles. The van der Waals surface area contributed by atoms with Gasteiger partial charge in [0, 0.05) is 16.4 Å². The van der Waals surface area contributed by atoms with Gasteiger partial charge in [-0.25, -0.2) is 13.4 Å². The lowest BCUT2D eigenvalue weighted by Gasteiger charge is -2.11. The van der Waals surface area contributed by atoms with Gasteiger partial charge in [0.25, 0.3) is 10.0 Å². The van der Waals surface area contributed by atoms with Gasteiger partial charge >= 0.3 is 0 Å². The van der Waals surface area contributed by atoms with E-state index in [2.05, 4.69) is 25.6 Å². The van der Waals surface area contributed by atoms with Crippen LogP contribution < -0.4 is 10.5 Å². The molecule has 1 aromatic carbocycles. The van der Waals surface area contributed by atoms with E-state index < -0.39 is 10.0 Å². The van der Waals surface area contributed by atoms with E-state index in [-0.39, 0.29) is 16.3 Å². The van der Waals surface area contributed by atoms with Crippen LogP contribution in [0.15, 0.2) is 39.8 Å². The molecule has 6 nitrogen and oxygen atoms in total. The molecule has 1 heterocycles. The van der Waals surface area contributed by atoms with Crippen molar-refractivity contribution in [3.05, 3.63) is 46.1 Å². The Morgan fingerprint density at radius 1 is 1.38 bits per heavy atom. The Hall–Kier alpha value is -2.11. The molecule has 0 aliphatic rings. The zero-order chi connectivity index (χ0) is 15.6. The van der Waals surface area contributed by atoms with E-state index in [0.717, 1.165) is 4.47 Å². The number of aromatic nitrogens is 1. The summed E-state index contributed by atoms with van der Waals surface area (Å²) in [6.45, 7) is 1.73. The van der Waals surface area contributed by atoms with Gasteiger partial charge in [-0.05, 0) is 52.7 Å². The third-order valence-electron chi connectivity index (χ3n) is 2.69. The van der Waals surface area contributed by atoms with E-state index in [9.17, 15) is 8.42 Å². The fourth-order valence-corrected chi connectivity index (χ4v) is 3.36. The number of nitrogens with zero attached hydrogens (tertiary/aromatic N) is 2. The Morgan fingerprint density at radius 3 is 2.71 bits per heavy atom. The molecule has 3 N–H and O–H groups in total. The number of hydrogen-bond donors (Lipinski definition) is 2. The maximum atomic E-state index is 12.4. The van der Waals surface area contributed by atoms with Gasteiger partial charge in [0.05, 0.1) is 5.56 Å². The van der Waals surface area contributed by atoms with Crippen LogP contribution in [0.2, 0.25) is 0 Å². The summed E-state index contributed by atoms with van der Waals surface area (Å²) in [4.78, 5) is 3.88. The first-order chi connectivity index (χ1) is 9.83. The standard InChI is InChI=1S/C13H11BrN4O2S/c1-8-4-10(14)7-17-13(8)18-21(19,20)12-3-2-11(16)5-9(12)6-15/h2-5,7H,16H2,1H3,(H,17,18). The second-order valence-electron chi connectivity index (χ2n) is 4.29. The Balaban J connectivity index is 2.46. The van der Waals surface area contributed by atoms with Crippen molar-refractivity contribution in [1.82, 2.24) is 4.98 Å². The first-order valence-corrected chi connectivity index (χ1v) is 8.05. The molecular formula is C13H11BrN4O2S. The Kier molecular flexibility index (Phi) is 4.16. The van der Waals surface area contributed by atoms with Crippen molar-refractivity contribution >= 4 is 37.5 Å². The largest absolute Gasteiger partial charge is 0.399 e. The predicted octanol–water partition coefficient (Wildman–Crippen LogP) is 2.41. The van der Waals surface area contributed by atoms with Crippen LogP contribution in [0.25, 0.3) is 0 Å². The van der Waals surface area contributed by atoms with Crippen molar-refractivity contribution < 1.29 is 8.42 Å².